The number of anilines is 1. The molecule has 3 saturated heterocycles. The van der Waals surface area contributed by atoms with Crippen molar-refractivity contribution >= 4 is 11.7 Å². The van der Waals surface area contributed by atoms with Crippen molar-refractivity contribution < 1.29 is 4.79 Å². The van der Waals surface area contributed by atoms with Crippen molar-refractivity contribution in [3.63, 3.8) is 0 Å². The molecule has 2 bridgehead atoms. The Morgan fingerprint density at radius 2 is 2.11 bits per heavy atom. The standard InChI is InChI=1S/C13H19N5O/c1-14-12-3-2-10(16-17-12)13(19)15-11-8-18-6-4-9(11)5-7-18/h2-3,9,11H,4-8H2,1H3,(H,14,17)(H,15,19). The third-order valence-electron chi connectivity index (χ3n) is 4.13. The van der Waals surface area contributed by atoms with E-state index in [0.717, 1.165) is 6.54 Å². The van der Waals surface area contributed by atoms with Gasteiger partial charge in [-0.3, -0.25) is 4.79 Å². The second-order valence-electron chi connectivity index (χ2n) is 5.27. The van der Waals surface area contributed by atoms with Gasteiger partial charge < -0.3 is 15.5 Å². The molecular weight excluding hydrogens is 242 g/mol. The van der Waals surface area contributed by atoms with Gasteiger partial charge in [0.25, 0.3) is 5.91 Å². The van der Waals surface area contributed by atoms with Crippen molar-refractivity contribution in [2.24, 2.45) is 5.92 Å². The predicted molar refractivity (Wildman–Crippen MR) is 72.0 cm³/mol. The fourth-order valence-electron chi connectivity index (χ4n) is 2.96. The normalized spacial score (nSPS) is 29.0. The first-order valence-electron chi connectivity index (χ1n) is 6.81. The molecule has 19 heavy (non-hydrogen) atoms. The zero-order valence-electron chi connectivity index (χ0n) is 11.1. The number of nitrogens with one attached hydrogen (secondary N) is 2. The first-order valence-corrected chi connectivity index (χ1v) is 6.81. The SMILES string of the molecule is CNc1ccc(C(=O)NC2CN3CCC2CC3)nn1. The summed E-state index contributed by atoms with van der Waals surface area (Å²) < 4.78 is 0. The molecule has 6 heteroatoms. The minimum Gasteiger partial charge on any atom is -0.372 e. The zero-order chi connectivity index (χ0) is 13.2. The quantitative estimate of drug-likeness (QED) is 0.821. The number of carbonyl (C=O) groups excluding carboxylic acids is 1. The third-order valence-corrected chi connectivity index (χ3v) is 4.13. The Balaban J connectivity index is 1.64. The van der Waals surface area contributed by atoms with Crippen molar-refractivity contribution in [2.75, 3.05) is 32.0 Å². The Morgan fingerprint density at radius 3 is 2.63 bits per heavy atom. The monoisotopic (exact) mass is 261 g/mol. The number of amides is 1. The van der Waals surface area contributed by atoms with E-state index in [1.807, 2.05) is 0 Å². The molecule has 0 aliphatic carbocycles. The molecule has 3 fully saturated rings. The van der Waals surface area contributed by atoms with Gasteiger partial charge in [-0.15, -0.1) is 10.2 Å². The van der Waals surface area contributed by atoms with Gasteiger partial charge in [-0.1, -0.05) is 0 Å². The minimum absolute atomic E-state index is 0.117. The van der Waals surface area contributed by atoms with Crippen molar-refractivity contribution in [2.45, 2.75) is 18.9 Å². The van der Waals surface area contributed by atoms with Gasteiger partial charge in [-0.25, -0.2) is 0 Å². The number of nitrogens with zero attached hydrogens (tertiary/aromatic N) is 3. The van der Waals surface area contributed by atoms with E-state index in [0.29, 0.717) is 17.4 Å². The lowest BCUT2D eigenvalue weighted by molar-refractivity contribution is 0.0617. The summed E-state index contributed by atoms with van der Waals surface area (Å²) in [5.74, 6) is 1.17. The van der Waals surface area contributed by atoms with Crippen molar-refractivity contribution in [3.05, 3.63) is 17.8 Å². The van der Waals surface area contributed by atoms with Gasteiger partial charge in [-0.2, -0.15) is 0 Å². The van der Waals surface area contributed by atoms with Crippen LogP contribution in [0.25, 0.3) is 0 Å². The van der Waals surface area contributed by atoms with Gasteiger partial charge in [0.2, 0.25) is 0 Å². The van der Waals surface area contributed by atoms with Crippen LogP contribution in [-0.4, -0.2) is 53.7 Å². The maximum absolute atomic E-state index is 12.1. The summed E-state index contributed by atoms with van der Waals surface area (Å²) in [5.41, 5.74) is 0.385. The van der Waals surface area contributed by atoms with Crippen LogP contribution < -0.4 is 10.6 Å². The van der Waals surface area contributed by atoms with Crippen LogP contribution >= 0.6 is 0 Å². The summed E-state index contributed by atoms with van der Waals surface area (Å²) in [6, 6.07) is 3.73. The highest BCUT2D eigenvalue weighted by atomic mass is 16.2. The van der Waals surface area contributed by atoms with Crippen LogP contribution in [0.4, 0.5) is 5.82 Å². The molecule has 1 unspecified atom stereocenters. The van der Waals surface area contributed by atoms with Crippen molar-refractivity contribution in [1.29, 1.82) is 0 Å². The molecule has 102 valence electrons. The minimum atomic E-state index is -0.117. The van der Waals surface area contributed by atoms with E-state index in [1.165, 1.54) is 25.9 Å². The Hall–Kier alpha value is -1.69. The van der Waals surface area contributed by atoms with Gasteiger partial charge in [0.15, 0.2) is 5.69 Å². The molecular formula is C13H19N5O. The molecule has 0 aromatic carbocycles. The molecule has 3 aliphatic heterocycles. The highest BCUT2D eigenvalue weighted by Crippen LogP contribution is 2.27. The Morgan fingerprint density at radius 1 is 1.32 bits per heavy atom. The van der Waals surface area contributed by atoms with E-state index in [4.69, 9.17) is 0 Å². The summed E-state index contributed by atoms with van der Waals surface area (Å²) >= 11 is 0. The number of fused-ring (bicyclic) bond motifs is 3. The van der Waals surface area contributed by atoms with E-state index >= 15 is 0 Å². The van der Waals surface area contributed by atoms with Gasteiger partial charge >= 0.3 is 0 Å². The highest BCUT2D eigenvalue weighted by Gasteiger charge is 2.35. The number of hydrogen-bond acceptors (Lipinski definition) is 5. The lowest BCUT2D eigenvalue weighted by atomic mass is 9.84. The maximum atomic E-state index is 12.1. The van der Waals surface area contributed by atoms with E-state index in [9.17, 15) is 4.79 Å². The van der Waals surface area contributed by atoms with Crippen LogP contribution in [0, 0.1) is 5.92 Å². The fourth-order valence-corrected chi connectivity index (χ4v) is 2.96. The van der Waals surface area contributed by atoms with Gasteiger partial charge in [-0.05, 0) is 44.0 Å². The summed E-state index contributed by atoms with van der Waals surface area (Å²) in [5, 5.41) is 13.9. The number of hydrogen-bond donors (Lipinski definition) is 2. The predicted octanol–water partition coefficient (Wildman–Crippen LogP) is 0.342. The zero-order valence-corrected chi connectivity index (χ0v) is 11.1. The lowest BCUT2D eigenvalue weighted by Gasteiger charge is -2.44. The molecule has 1 atom stereocenters. The molecule has 6 nitrogen and oxygen atoms in total. The Kier molecular flexibility index (Phi) is 3.33. The molecule has 2 N–H and O–H groups in total. The number of piperidine rings is 3. The molecule has 1 aromatic heterocycles. The first kappa shape index (κ1) is 12.3. The van der Waals surface area contributed by atoms with Crippen LogP contribution in [-0.2, 0) is 0 Å². The summed E-state index contributed by atoms with van der Waals surface area (Å²) in [4.78, 5) is 14.6. The molecule has 1 aromatic rings. The van der Waals surface area contributed by atoms with Gasteiger partial charge in [0, 0.05) is 19.6 Å². The molecule has 4 rings (SSSR count). The van der Waals surface area contributed by atoms with Crippen LogP contribution in [0.3, 0.4) is 0 Å². The molecule has 3 aliphatic rings. The van der Waals surface area contributed by atoms with E-state index in [2.05, 4.69) is 25.7 Å². The molecule has 0 saturated carbocycles. The van der Waals surface area contributed by atoms with E-state index in [-0.39, 0.29) is 11.9 Å². The molecule has 4 heterocycles. The summed E-state index contributed by atoms with van der Waals surface area (Å²) in [6.45, 7) is 3.32. The molecule has 0 spiro atoms. The third kappa shape index (κ3) is 2.53. The van der Waals surface area contributed by atoms with Crippen LogP contribution in [0.15, 0.2) is 12.1 Å². The van der Waals surface area contributed by atoms with E-state index < -0.39 is 0 Å². The van der Waals surface area contributed by atoms with Gasteiger partial charge in [0.05, 0.1) is 0 Å². The van der Waals surface area contributed by atoms with E-state index in [1.54, 1.807) is 19.2 Å². The fraction of sp³-hybridized carbons (Fsp3) is 0.615. The second kappa shape index (κ2) is 5.13. The first-order chi connectivity index (χ1) is 9.26. The summed E-state index contributed by atoms with van der Waals surface area (Å²) in [7, 11) is 1.77. The Labute approximate surface area is 112 Å². The second-order valence-corrected chi connectivity index (χ2v) is 5.27. The lowest BCUT2D eigenvalue weighted by Crippen LogP contribution is -2.57. The van der Waals surface area contributed by atoms with Gasteiger partial charge in [0.1, 0.15) is 5.82 Å². The average molecular weight is 261 g/mol. The topological polar surface area (TPSA) is 70.2 Å². The van der Waals surface area contributed by atoms with Crippen molar-refractivity contribution in [3.8, 4) is 0 Å². The number of rotatable bonds is 3. The molecule has 0 radical (unpaired) electrons. The summed E-state index contributed by atoms with van der Waals surface area (Å²) in [6.07, 6.45) is 2.38. The molecule has 1 amide bonds. The smallest absolute Gasteiger partial charge is 0.272 e. The largest absolute Gasteiger partial charge is 0.372 e. The van der Waals surface area contributed by atoms with Crippen LogP contribution in [0.2, 0.25) is 0 Å². The maximum Gasteiger partial charge on any atom is 0.272 e. The van der Waals surface area contributed by atoms with Crippen molar-refractivity contribution in [1.82, 2.24) is 20.4 Å². The Bertz CT molecular complexity index is 453. The number of aromatic nitrogens is 2. The van der Waals surface area contributed by atoms with Crippen LogP contribution in [0.5, 0.6) is 0 Å². The van der Waals surface area contributed by atoms with Crippen LogP contribution in [0.1, 0.15) is 23.3 Å². The highest BCUT2D eigenvalue weighted by molar-refractivity contribution is 5.92. The number of carbonyl (C=O) groups is 1. The average Bonchev–Trinajstić information content (AvgIpc) is 2.48.